The lowest BCUT2D eigenvalue weighted by Crippen LogP contribution is -2.23. The molecule has 0 amide bonds. The van der Waals surface area contributed by atoms with E-state index in [1.54, 1.807) is 13.8 Å². The van der Waals surface area contributed by atoms with Crippen molar-refractivity contribution in [3.63, 3.8) is 0 Å². The highest BCUT2D eigenvalue weighted by molar-refractivity contribution is 5.79. The van der Waals surface area contributed by atoms with Gasteiger partial charge in [0.25, 0.3) is 0 Å². The molecule has 0 aliphatic heterocycles. The minimum Gasteiger partial charge on any atom is -0.390 e. The first-order chi connectivity index (χ1) is 13.0. The van der Waals surface area contributed by atoms with Gasteiger partial charge in [0.05, 0.1) is 5.60 Å². The largest absolute Gasteiger partial charge is 0.433 e. The predicted molar refractivity (Wildman–Crippen MR) is 98.7 cm³/mol. The summed E-state index contributed by atoms with van der Waals surface area (Å²) in [4.78, 5) is 20.2. The molecule has 1 aliphatic carbocycles. The van der Waals surface area contributed by atoms with E-state index in [9.17, 15) is 23.1 Å². The molecule has 154 valence electrons. The van der Waals surface area contributed by atoms with Gasteiger partial charge in [-0.1, -0.05) is 0 Å². The molecule has 1 fully saturated rings. The number of carbonyl (C=O) groups excluding carboxylic acids is 1. The molecule has 1 N–H and O–H groups in total. The summed E-state index contributed by atoms with van der Waals surface area (Å²) in [5.74, 6) is 1.21. The molecule has 2 aromatic heterocycles. The highest BCUT2D eigenvalue weighted by atomic mass is 19.4. The summed E-state index contributed by atoms with van der Waals surface area (Å²) in [6.07, 6.45) is 0.109. The first-order valence-corrected chi connectivity index (χ1v) is 9.70. The van der Waals surface area contributed by atoms with Crippen LogP contribution < -0.4 is 0 Å². The highest BCUT2D eigenvalue weighted by Gasteiger charge is 2.33. The molecule has 0 aromatic carbocycles. The van der Waals surface area contributed by atoms with Crippen molar-refractivity contribution in [2.45, 2.75) is 77.1 Å². The molecule has 0 bridgehead atoms. The van der Waals surface area contributed by atoms with Crippen molar-refractivity contribution in [1.29, 1.82) is 0 Å². The fraction of sp³-hybridized carbons (Fsp3) is 0.650. The van der Waals surface area contributed by atoms with E-state index in [1.807, 2.05) is 4.57 Å². The van der Waals surface area contributed by atoms with E-state index in [0.717, 1.165) is 24.7 Å². The molecule has 8 heteroatoms. The maximum Gasteiger partial charge on any atom is 0.433 e. The zero-order chi connectivity index (χ0) is 20.5. The summed E-state index contributed by atoms with van der Waals surface area (Å²) in [6.45, 7) is 3.85. The van der Waals surface area contributed by atoms with Crippen LogP contribution in [0.3, 0.4) is 0 Å². The van der Waals surface area contributed by atoms with Gasteiger partial charge in [0.15, 0.2) is 5.65 Å². The van der Waals surface area contributed by atoms with E-state index < -0.39 is 17.5 Å². The van der Waals surface area contributed by atoms with E-state index >= 15 is 0 Å². The van der Waals surface area contributed by atoms with Crippen LogP contribution in [0.15, 0.2) is 12.1 Å². The number of carbonyl (C=O) groups is 1. The predicted octanol–water partition coefficient (Wildman–Crippen LogP) is 4.30. The number of halogens is 3. The molecule has 2 aromatic rings. The number of unbranched alkanes of at least 4 members (excludes halogenated alkanes) is 1. The Bertz CT molecular complexity index is 849. The first-order valence-electron chi connectivity index (χ1n) is 9.70. The number of pyridine rings is 1. The number of aliphatic hydroxyl groups is 1. The number of nitrogens with zero attached hydrogens (tertiary/aromatic N) is 3. The Morgan fingerprint density at radius 2 is 1.93 bits per heavy atom. The van der Waals surface area contributed by atoms with Gasteiger partial charge in [-0.25, -0.2) is 9.97 Å². The van der Waals surface area contributed by atoms with Crippen molar-refractivity contribution >= 4 is 16.9 Å². The van der Waals surface area contributed by atoms with E-state index in [2.05, 4.69) is 9.97 Å². The number of aromatic nitrogens is 3. The van der Waals surface area contributed by atoms with Gasteiger partial charge < -0.3 is 9.67 Å². The second-order valence-corrected chi connectivity index (χ2v) is 8.35. The van der Waals surface area contributed by atoms with Crippen LogP contribution in [0.5, 0.6) is 0 Å². The molecule has 5 nitrogen and oxygen atoms in total. The zero-order valence-corrected chi connectivity index (χ0v) is 16.2. The van der Waals surface area contributed by atoms with Crippen LogP contribution in [0.1, 0.15) is 63.9 Å². The van der Waals surface area contributed by atoms with Gasteiger partial charge in [-0.3, -0.25) is 4.79 Å². The molecule has 3 rings (SSSR count). The van der Waals surface area contributed by atoms with E-state index in [1.165, 1.54) is 6.07 Å². The third kappa shape index (κ3) is 5.53. The molecule has 1 aliphatic rings. The second kappa shape index (κ2) is 7.81. The van der Waals surface area contributed by atoms with Crippen molar-refractivity contribution in [3.8, 4) is 0 Å². The molecule has 0 unspecified atom stereocenters. The fourth-order valence-electron chi connectivity index (χ4n) is 3.32. The van der Waals surface area contributed by atoms with Crippen LogP contribution in [0, 0.1) is 5.92 Å². The lowest BCUT2D eigenvalue weighted by molar-refractivity contribution is -0.141. The molecule has 0 saturated heterocycles. The van der Waals surface area contributed by atoms with Gasteiger partial charge in [-0.05, 0) is 57.6 Å². The van der Waals surface area contributed by atoms with Crippen molar-refractivity contribution in [3.05, 3.63) is 23.7 Å². The lowest BCUT2D eigenvalue weighted by Gasteiger charge is -2.15. The molecular weight excluding hydrogens is 371 g/mol. The van der Waals surface area contributed by atoms with Crippen molar-refractivity contribution in [2.75, 3.05) is 0 Å². The quantitative estimate of drug-likeness (QED) is 0.641. The van der Waals surface area contributed by atoms with Crippen LogP contribution in [0.25, 0.3) is 11.2 Å². The normalized spacial score (nSPS) is 15.4. The second-order valence-electron chi connectivity index (χ2n) is 8.35. The third-order valence-corrected chi connectivity index (χ3v) is 4.84. The Hall–Kier alpha value is -1.96. The van der Waals surface area contributed by atoms with E-state index in [0.29, 0.717) is 43.7 Å². The van der Waals surface area contributed by atoms with Crippen molar-refractivity contribution in [2.24, 2.45) is 5.92 Å². The summed E-state index contributed by atoms with van der Waals surface area (Å²) in [5.41, 5.74) is -1.14. The van der Waals surface area contributed by atoms with E-state index in [-0.39, 0.29) is 17.9 Å². The van der Waals surface area contributed by atoms with Gasteiger partial charge in [-0.15, -0.1) is 0 Å². The topological polar surface area (TPSA) is 68.0 Å². The van der Waals surface area contributed by atoms with Crippen LogP contribution >= 0.6 is 0 Å². The molecule has 2 heterocycles. The summed E-state index contributed by atoms with van der Waals surface area (Å²) < 4.78 is 40.9. The minimum atomic E-state index is -4.48. The standard InChI is InChI=1S/C20H26F3N3O2/c1-19(2,28)11-14(27)5-3-4-6-17-24-15-9-10-16(20(21,22)23)25-18(15)26(17)12-13-7-8-13/h9-10,13,28H,3-8,11-12H2,1-2H3. The number of rotatable bonds is 9. The van der Waals surface area contributed by atoms with Crippen molar-refractivity contribution in [1.82, 2.24) is 14.5 Å². The first kappa shape index (κ1) is 20.8. The number of alkyl halides is 3. The number of hydrogen-bond donors (Lipinski definition) is 1. The van der Waals surface area contributed by atoms with Gasteiger partial charge in [0.1, 0.15) is 22.8 Å². The minimum absolute atomic E-state index is 0.00969. The number of fused-ring (bicyclic) bond motifs is 1. The lowest BCUT2D eigenvalue weighted by atomic mass is 9.99. The Morgan fingerprint density at radius 3 is 2.54 bits per heavy atom. The Labute approximate surface area is 162 Å². The summed E-state index contributed by atoms with van der Waals surface area (Å²) in [6, 6.07) is 2.35. The fourth-order valence-corrected chi connectivity index (χ4v) is 3.32. The monoisotopic (exact) mass is 397 g/mol. The van der Waals surface area contributed by atoms with Gasteiger partial charge in [0, 0.05) is 25.8 Å². The number of hydrogen-bond acceptors (Lipinski definition) is 4. The molecule has 1 saturated carbocycles. The SMILES string of the molecule is CC(C)(O)CC(=O)CCCCc1nc2ccc(C(F)(F)F)nc2n1CC1CC1. The van der Waals surface area contributed by atoms with Crippen LogP contribution in [-0.2, 0) is 23.9 Å². The highest BCUT2D eigenvalue weighted by Crippen LogP contribution is 2.34. The number of imidazole rings is 1. The summed E-state index contributed by atoms with van der Waals surface area (Å²) >= 11 is 0. The van der Waals surface area contributed by atoms with Crippen LogP contribution in [-0.4, -0.2) is 31.0 Å². The van der Waals surface area contributed by atoms with Crippen molar-refractivity contribution < 1.29 is 23.1 Å². The molecule has 0 spiro atoms. The molecule has 28 heavy (non-hydrogen) atoms. The summed E-state index contributed by atoms with van der Waals surface area (Å²) in [7, 11) is 0. The summed E-state index contributed by atoms with van der Waals surface area (Å²) in [5, 5.41) is 9.69. The molecular formula is C20H26F3N3O2. The molecule has 0 atom stereocenters. The maximum absolute atomic E-state index is 13.0. The van der Waals surface area contributed by atoms with Gasteiger partial charge in [0.2, 0.25) is 0 Å². The Kier molecular flexibility index (Phi) is 5.79. The average Bonchev–Trinajstić information content (AvgIpc) is 3.31. The van der Waals surface area contributed by atoms with Gasteiger partial charge in [-0.2, -0.15) is 13.2 Å². The number of aryl methyl sites for hydroxylation is 1. The zero-order valence-electron chi connectivity index (χ0n) is 16.2. The Balaban J connectivity index is 1.70. The number of ketones is 1. The smallest absolute Gasteiger partial charge is 0.390 e. The maximum atomic E-state index is 13.0. The third-order valence-electron chi connectivity index (χ3n) is 4.84. The number of Topliss-reactive ketones (excluding diaryl/α,β-unsaturated/α-hetero) is 1. The van der Waals surface area contributed by atoms with Crippen LogP contribution in [0.4, 0.5) is 13.2 Å². The van der Waals surface area contributed by atoms with Gasteiger partial charge >= 0.3 is 6.18 Å². The average molecular weight is 397 g/mol. The Morgan fingerprint density at radius 1 is 1.21 bits per heavy atom. The van der Waals surface area contributed by atoms with E-state index in [4.69, 9.17) is 0 Å². The van der Waals surface area contributed by atoms with Crippen LogP contribution in [0.2, 0.25) is 0 Å². The molecule has 0 radical (unpaired) electrons.